The molecule has 0 radical (unpaired) electrons. The molecule has 1 aromatic carbocycles. The Kier molecular flexibility index (Phi) is 6.13. The second-order valence-electron chi connectivity index (χ2n) is 3.84. The van der Waals surface area contributed by atoms with Gasteiger partial charge in [-0.1, -0.05) is 15.9 Å². The molecule has 0 bridgehead atoms. The maximum atomic E-state index is 12.7. The molecule has 1 amide bonds. The van der Waals surface area contributed by atoms with Crippen LogP contribution < -0.4 is 5.32 Å². The maximum Gasteiger partial charge on any atom is 0.417 e. The van der Waals surface area contributed by atoms with Crippen molar-refractivity contribution in [1.29, 1.82) is 0 Å². The van der Waals surface area contributed by atoms with Crippen molar-refractivity contribution in [2.75, 3.05) is 12.4 Å². The number of halogens is 5. The van der Waals surface area contributed by atoms with E-state index in [1.165, 1.54) is 12.1 Å². The summed E-state index contributed by atoms with van der Waals surface area (Å²) >= 11 is 8.30. The van der Waals surface area contributed by atoms with Gasteiger partial charge in [0.15, 0.2) is 0 Å². The summed E-state index contributed by atoms with van der Waals surface area (Å²) in [5.41, 5.74) is -0.873. The molecule has 1 aromatic rings. The van der Waals surface area contributed by atoms with Gasteiger partial charge in [-0.15, -0.1) is 11.6 Å². The van der Waals surface area contributed by atoms with Crippen molar-refractivity contribution in [2.24, 2.45) is 0 Å². The van der Waals surface area contributed by atoms with E-state index in [2.05, 4.69) is 21.2 Å². The molecule has 0 aliphatic carbocycles. The molecule has 0 fully saturated rings. The highest BCUT2D eigenvalue weighted by Gasteiger charge is 2.33. The number of hydrogen-bond acceptors (Lipinski definition) is 1. The van der Waals surface area contributed by atoms with Crippen molar-refractivity contribution in [1.82, 2.24) is 5.32 Å². The lowest BCUT2D eigenvalue weighted by molar-refractivity contribution is -0.138. The van der Waals surface area contributed by atoms with Gasteiger partial charge in [0.1, 0.15) is 0 Å². The van der Waals surface area contributed by atoms with Crippen molar-refractivity contribution < 1.29 is 18.0 Å². The minimum atomic E-state index is -4.49. The zero-order valence-corrected chi connectivity index (χ0v) is 12.2. The number of carbonyl (C=O) groups is 1. The van der Waals surface area contributed by atoms with Gasteiger partial charge in [0.25, 0.3) is 5.91 Å². The summed E-state index contributed by atoms with van der Waals surface area (Å²) in [6, 6.07) is 3.40. The second kappa shape index (κ2) is 7.14. The van der Waals surface area contributed by atoms with Crippen molar-refractivity contribution >= 4 is 33.4 Å². The molecule has 1 rings (SSSR count). The molecule has 0 unspecified atom stereocenters. The number of unbranched alkanes of at least 4 members (excludes halogenated alkanes) is 1. The summed E-state index contributed by atoms with van der Waals surface area (Å²) in [7, 11) is 0. The molecule has 106 valence electrons. The van der Waals surface area contributed by atoms with Crippen molar-refractivity contribution in [3.05, 3.63) is 33.8 Å². The SMILES string of the molecule is O=C(NCCCCCl)c1ccc(Br)c(C(F)(F)F)c1. The molecule has 0 aliphatic rings. The second-order valence-corrected chi connectivity index (χ2v) is 5.08. The van der Waals surface area contributed by atoms with E-state index in [9.17, 15) is 18.0 Å². The molecule has 0 atom stereocenters. The van der Waals surface area contributed by atoms with E-state index >= 15 is 0 Å². The van der Waals surface area contributed by atoms with Crippen molar-refractivity contribution in [3.8, 4) is 0 Å². The van der Waals surface area contributed by atoms with Crippen LogP contribution in [0.15, 0.2) is 22.7 Å². The first-order chi connectivity index (χ1) is 8.86. The molecule has 0 saturated carbocycles. The summed E-state index contributed by atoms with van der Waals surface area (Å²) in [5, 5.41) is 2.55. The first-order valence-electron chi connectivity index (χ1n) is 5.57. The smallest absolute Gasteiger partial charge is 0.352 e. The Morgan fingerprint density at radius 1 is 1.32 bits per heavy atom. The standard InChI is InChI=1S/C12H12BrClF3NO/c13-10-4-3-8(7-9(10)12(15,16)17)11(19)18-6-2-1-5-14/h3-4,7H,1-2,5-6H2,(H,18,19). The van der Waals surface area contributed by atoms with Gasteiger partial charge in [0.05, 0.1) is 5.56 Å². The molecule has 19 heavy (non-hydrogen) atoms. The first-order valence-corrected chi connectivity index (χ1v) is 6.90. The predicted molar refractivity (Wildman–Crippen MR) is 71.4 cm³/mol. The van der Waals surface area contributed by atoms with Gasteiger partial charge in [-0.2, -0.15) is 13.2 Å². The van der Waals surface area contributed by atoms with Crippen LogP contribution in [0.25, 0.3) is 0 Å². The number of carbonyl (C=O) groups excluding carboxylic acids is 1. The number of hydrogen-bond donors (Lipinski definition) is 1. The number of benzene rings is 1. The molecule has 0 heterocycles. The summed E-state index contributed by atoms with van der Waals surface area (Å²) in [6.07, 6.45) is -3.05. The summed E-state index contributed by atoms with van der Waals surface area (Å²) in [4.78, 5) is 11.7. The number of rotatable bonds is 5. The van der Waals surface area contributed by atoms with Gasteiger partial charge in [-0.05, 0) is 31.0 Å². The van der Waals surface area contributed by atoms with Gasteiger partial charge >= 0.3 is 6.18 Å². The van der Waals surface area contributed by atoms with Crippen LogP contribution in [0.5, 0.6) is 0 Å². The highest BCUT2D eigenvalue weighted by Crippen LogP contribution is 2.35. The average Bonchev–Trinajstić information content (AvgIpc) is 2.33. The molecule has 7 heteroatoms. The number of nitrogens with one attached hydrogen (secondary N) is 1. The Morgan fingerprint density at radius 2 is 2.00 bits per heavy atom. The molecular weight excluding hydrogens is 346 g/mol. The Morgan fingerprint density at radius 3 is 2.58 bits per heavy atom. The fraction of sp³-hybridized carbons (Fsp3) is 0.417. The molecule has 0 saturated heterocycles. The largest absolute Gasteiger partial charge is 0.417 e. The van der Waals surface area contributed by atoms with Crippen LogP contribution in [0.1, 0.15) is 28.8 Å². The Bertz CT molecular complexity index is 451. The summed E-state index contributed by atoms with van der Waals surface area (Å²) < 4.78 is 37.9. The van der Waals surface area contributed by atoms with Crippen LogP contribution in [-0.2, 0) is 6.18 Å². The first kappa shape index (κ1) is 16.3. The van der Waals surface area contributed by atoms with E-state index < -0.39 is 17.6 Å². The van der Waals surface area contributed by atoms with Gasteiger partial charge < -0.3 is 5.32 Å². The van der Waals surface area contributed by atoms with Crippen LogP contribution in [0.2, 0.25) is 0 Å². The Balaban J connectivity index is 2.76. The summed E-state index contributed by atoms with van der Waals surface area (Å²) in [5.74, 6) is -0.0283. The van der Waals surface area contributed by atoms with E-state index in [4.69, 9.17) is 11.6 Å². The Labute approximate surface area is 122 Å². The molecule has 0 aromatic heterocycles. The van der Waals surface area contributed by atoms with Crippen LogP contribution >= 0.6 is 27.5 Å². The quantitative estimate of drug-likeness (QED) is 0.620. The monoisotopic (exact) mass is 357 g/mol. The minimum Gasteiger partial charge on any atom is -0.352 e. The van der Waals surface area contributed by atoms with Gasteiger partial charge in [-0.3, -0.25) is 4.79 Å². The lowest BCUT2D eigenvalue weighted by Gasteiger charge is -2.11. The zero-order valence-electron chi connectivity index (χ0n) is 9.86. The average molecular weight is 359 g/mol. The molecule has 0 spiro atoms. The highest BCUT2D eigenvalue weighted by molar-refractivity contribution is 9.10. The number of alkyl halides is 4. The van der Waals surface area contributed by atoms with E-state index in [1.54, 1.807) is 0 Å². The van der Waals surface area contributed by atoms with Gasteiger partial charge in [-0.25, -0.2) is 0 Å². The van der Waals surface area contributed by atoms with E-state index in [0.717, 1.165) is 12.5 Å². The lowest BCUT2D eigenvalue weighted by Crippen LogP contribution is -2.25. The van der Waals surface area contributed by atoms with Crippen LogP contribution in [0.4, 0.5) is 13.2 Å². The van der Waals surface area contributed by atoms with Crippen LogP contribution in [-0.4, -0.2) is 18.3 Å². The third-order valence-electron chi connectivity index (χ3n) is 2.38. The Hall–Kier alpha value is -0.750. The van der Waals surface area contributed by atoms with Crippen molar-refractivity contribution in [2.45, 2.75) is 19.0 Å². The van der Waals surface area contributed by atoms with Crippen LogP contribution in [0, 0.1) is 0 Å². The fourth-order valence-corrected chi connectivity index (χ4v) is 2.07. The third kappa shape index (κ3) is 5.03. The van der Waals surface area contributed by atoms with Crippen molar-refractivity contribution in [3.63, 3.8) is 0 Å². The van der Waals surface area contributed by atoms with E-state index in [-0.39, 0.29) is 10.0 Å². The molecular formula is C12H12BrClF3NO. The fourth-order valence-electron chi connectivity index (χ4n) is 1.41. The molecule has 0 aliphatic heterocycles. The lowest BCUT2D eigenvalue weighted by atomic mass is 10.1. The van der Waals surface area contributed by atoms with Gasteiger partial charge in [0.2, 0.25) is 0 Å². The molecule has 2 nitrogen and oxygen atoms in total. The maximum absolute atomic E-state index is 12.7. The summed E-state index contributed by atoms with van der Waals surface area (Å²) in [6.45, 7) is 0.392. The predicted octanol–water partition coefficient (Wildman–Crippen LogP) is 4.22. The third-order valence-corrected chi connectivity index (χ3v) is 3.34. The van der Waals surface area contributed by atoms with Gasteiger partial charge in [0, 0.05) is 22.5 Å². The van der Waals surface area contributed by atoms with E-state index in [0.29, 0.717) is 18.8 Å². The topological polar surface area (TPSA) is 29.1 Å². The van der Waals surface area contributed by atoms with E-state index in [1.807, 2.05) is 0 Å². The highest BCUT2D eigenvalue weighted by atomic mass is 79.9. The van der Waals surface area contributed by atoms with Crippen LogP contribution in [0.3, 0.4) is 0 Å². The minimum absolute atomic E-state index is 0.0126. The zero-order chi connectivity index (χ0) is 14.5. The molecule has 1 N–H and O–H groups in total. The normalized spacial score (nSPS) is 11.4. The number of amides is 1.